The minimum Gasteiger partial charge on any atom is -0.490 e. The number of halogens is 1. The van der Waals surface area contributed by atoms with Crippen LogP contribution in [0.5, 0.6) is 23.0 Å². The number of ether oxygens (including phenoxy) is 4. The molecule has 0 fully saturated rings. The summed E-state index contributed by atoms with van der Waals surface area (Å²) < 4.78 is 22.5. The number of benzene rings is 3. The van der Waals surface area contributed by atoms with Crippen LogP contribution in [-0.2, 0) is 13.2 Å². The lowest BCUT2D eigenvalue weighted by atomic mass is 10.2. The minimum absolute atomic E-state index is 0.260. The fraction of sp³-hybridized carbons (Fsp3) is 0.217. The molecule has 1 aliphatic heterocycles. The van der Waals surface area contributed by atoms with Crippen molar-refractivity contribution in [3.05, 3.63) is 76.8 Å². The van der Waals surface area contributed by atoms with Crippen molar-refractivity contribution in [3.63, 3.8) is 0 Å². The maximum atomic E-state index is 6.53. The van der Waals surface area contributed by atoms with E-state index in [1.165, 1.54) is 0 Å². The number of rotatable bonds is 8. The third kappa shape index (κ3) is 4.69. The van der Waals surface area contributed by atoms with E-state index in [9.17, 15) is 0 Å². The van der Waals surface area contributed by atoms with Crippen LogP contribution in [-0.4, -0.2) is 13.4 Å². The van der Waals surface area contributed by atoms with E-state index in [0.717, 1.165) is 28.3 Å². The lowest BCUT2D eigenvalue weighted by Gasteiger charge is -2.16. The van der Waals surface area contributed by atoms with Gasteiger partial charge in [-0.2, -0.15) is 0 Å². The van der Waals surface area contributed by atoms with Gasteiger partial charge in [0.25, 0.3) is 0 Å². The van der Waals surface area contributed by atoms with Crippen LogP contribution in [0.4, 0.5) is 5.69 Å². The Morgan fingerprint density at radius 2 is 1.76 bits per heavy atom. The average Bonchev–Trinajstić information content (AvgIpc) is 3.20. The van der Waals surface area contributed by atoms with Gasteiger partial charge >= 0.3 is 0 Å². The molecule has 3 aromatic carbocycles. The van der Waals surface area contributed by atoms with Crippen molar-refractivity contribution in [2.45, 2.75) is 20.1 Å². The SMILES string of the molecule is CCOc1cc(CNc2ccc3c(c2)OCO3)cc(Cl)c1OCc1ccccc1. The van der Waals surface area contributed by atoms with Gasteiger partial charge in [0.05, 0.1) is 11.6 Å². The molecule has 0 unspecified atom stereocenters. The fourth-order valence-corrected chi connectivity index (χ4v) is 3.35. The van der Waals surface area contributed by atoms with Gasteiger partial charge in [-0.1, -0.05) is 41.9 Å². The Morgan fingerprint density at radius 3 is 2.59 bits per heavy atom. The Bertz CT molecular complexity index is 978. The molecule has 0 radical (unpaired) electrons. The number of hydrogen-bond donors (Lipinski definition) is 1. The van der Waals surface area contributed by atoms with E-state index in [-0.39, 0.29) is 6.79 Å². The Labute approximate surface area is 175 Å². The first-order chi connectivity index (χ1) is 14.2. The molecule has 5 nitrogen and oxygen atoms in total. The summed E-state index contributed by atoms with van der Waals surface area (Å²) in [5.74, 6) is 2.70. The second-order valence-electron chi connectivity index (χ2n) is 6.53. The van der Waals surface area contributed by atoms with Gasteiger partial charge in [-0.15, -0.1) is 0 Å². The summed E-state index contributed by atoms with van der Waals surface area (Å²) in [5, 5.41) is 3.90. The Morgan fingerprint density at radius 1 is 0.931 bits per heavy atom. The van der Waals surface area contributed by atoms with Crippen LogP contribution in [0.3, 0.4) is 0 Å². The van der Waals surface area contributed by atoms with E-state index in [2.05, 4.69) is 5.32 Å². The normalized spacial score (nSPS) is 11.9. The van der Waals surface area contributed by atoms with Gasteiger partial charge in [0.2, 0.25) is 6.79 Å². The molecule has 0 saturated heterocycles. The van der Waals surface area contributed by atoms with Gasteiger partial charge in [0.15, 0.2) is 23.0 Å². The molecular formula is C23H22ClNO4. The third-order valence-electron chi connectivity index (χ3n) is 4.46. The van der Waals surface area contributed by atoms with Gasteiger partial charge < -0.3 is 24.3 Å². The molecule has 0 amide bonds. The zero-order chi connectivity index (χ0) is 20.1. The molecule has 4 rings (SSSR count). The lowest BCUT2D eigenvalue weighted by molar-refractivity contribution is 0.174. The molecule has 1 aliphatic rings. The van der Waals surface area contributed by atoms with Gasteiger partial charge in [0, 0.05) is 18.3 Å². The van der Waals surface area contributed by atoms with Crippen molar-refractivity contribution < 1.29 is 18.9 Å². The molecule has 3 aromatic rings. The third-order valence-corrected chi connectivity index (χ3v) is 4.75. The maximum absolute atomic E-state index is 6.53. The summed E-state index contributed by atoms with van der Waals surface area (Å²) >= 11 is 6.53. The van der Waals surface area contributed by atoms with E-state index in [1.54, 1.807) is 0 Å². The van der Waals surface area contributed by atoms with E-state index in [4.69, 9.17) is 30.5 Å². The van der Waals surface area contributed by atoms with Crippen molar-refractivity contribution in [1.82, 2.24) is 0 Å². The van der Waals surface area contributed by atoms with Crippen LogP contribution < -0.4 is 24.3 Å². The summed E-state index contributed by atoms with van der Waals surface area (Å²) in [6.07, 6.45) is 0. The van der Waals surface area contributed by atoms with Crippen LogP contribution in [0, 0.1) is 0 Å². The molecule has 1 heterocycles. The smallest absolute Gasteiger partial charge is 0.231 e. The van der Waals surface area contributed by atoms with E-state index >= 15 is 0 Å². The van der Waals surface area contributed by atoms with Crippen LogP contribution >= 0.6 is 11.6 Å². The zero-order valence-electron chi connectivity index (χ0n) is 16.1. The molecule has 0 atom stereocenters. The van der Waals surface area contributed by atoms with Crippen molar-refractivity contribution in [3.8, 4) is 23.0 Å². The van der Waals surface area contributed by atoms with Gasteiger partial charge in [-0.3, -0.25) is 0 Å². The number of nitrogens with one attached hydrogen (secondary N) is 1. The summed E-state index contributed by atoms with van der Waals surface area (Å²) in [5.41, 5.74) is 3.00. The number of anilines is 1. The first-order valence-corrected chi connectivity index (χ1v) is 9.86. The summed E-state index contributed by atoms with van der Waals surface area (Å²) in [6.45, 7) is 3.73. The lowest BCUT2D eigenvalue weighted by Crippen LogP contribution is -2.04. The van der Waals surface area contributed by atoms with Gasteiger partial charge in [-0.25, -0.2) is 0 Å². The standard InChI is InChI=1S/C23H22ClNO4/c1-2-26-22-11-17(13-25-18-8-9-20-21(12-18)29-15-28-20)10-19(24)23(22)27-14-16-6-4-3-5-7-16/h3-12,25H,2,13-15H2,1H3. The van der Waals surface area contributed by atoms with Crippen molar-refractivity contribution in [2.24, 2.45) is 0 Å². The number of hydrogen-bond acceptors (Lipinski definition) is 5. The van der Waals surface area contributed by atoms with Gasteiger partial charge in [-0.05, 0) is 42.3 Å². The second kappa shape index (κ2) is 8.97. The summed E-state index contributed by atoms with van der Waals surface area (Å²) in [6, 6.07) is 19.6. The maximum Gasteiger partial charge on any atom is 0.231 e. The molecular weight excluding hydrogens is 390 g/mol. The highest BCUT2D eigenvalue weighted by molar-refractivity contribution is 6.32. The van der Waals surface area contributed by atoms with Crippen molar-refractivity contribution in [2.75, 3.05) is 18.7 Å². The molecule has 0 aromatic heterocycles. The molecule has 0 saturated carbocycles. The molecule has 6 heteroatoms. The van der Waals surface area contributed by atoms with Crippen LogP contribution in [0.2, 0.25) is 5.02 Å². The first kappa shape index (κ1) is 19.3. The van der Waals surface area contributed by atoms with Crippen molar-refractivity contribution >= 4 is 17.3 Å². The minimum atomic E-state index is 0.260. The zero-order valence-corrected chi connectivity index (χ0v) is 16.9. The van der Waals surface area contributed by atoms with E-state index < -0.39 is 0 Å². The molecule has 0 spiro atoms. The fourth-order valence-electron chi connectivity index (χ4n) is 3.07. The molecule has 29 heavy (non-hydrogen) atoms. The number of fused-ring (bicyclic) bond motifs is 1. The largest absolute Gasteiger partial charge is 0.490 e. The monoisotopic (exact) mass is 411 g/mol. The molecule has 150 valence electrons. The molecule has 1 N–H and O–H groups in total. The van der Waals surface area contributed by atoms with Crippen molar-refractivity contribution in [1.29, 1.82) is 0 Å². The molecule has 0 bridgehead atoms. The Hall–Kier alpha value is -3.05. The van der Waals surface area contributed by atoms with Crippen LogP contribution in [0.25, 0.3) is 0 Å². The highest BCUT2D eigenvalue weighted by Gasteiger charge is 2.15. The highest BCUT2D eigenvalue weighted by atomic mass is 35.5. The molecule has 0 aliphatic carbocycles. The van der Waals surface area contributed by atoms with E-state index in [0.29, 0.717) is 36.3 Å². The summed E-state index contributed by atoms with van der Waals surface area (Å²) in [7, 11) is 0. The highest BCUT2D eigenvalue weighted by Crippen LogP contribution is 2.38. The van der Waals surface area contributed by atoms with E-state index in [1.807, 2.05) is 67.6 Å². The van der Waals surface area contributed by atoms with Gasteiger partial charge in [0.1, 0.15) is 6.61 Å². The average molecular weight is 412 g/mol. The van der Waals surface area contributed by atoms with Crippen LogP contribution in [0.15, 0.2) is 60.7 Å². The van der Waals surface area contributed by atoms with Crippen LogP contribution in [0.1, 0.15) is 18.1 Å². The Balaban J connectivity index is 1.47. The Kier molecular flexibility index (Phi) is 5.96. The quantitative estimate of drug-likeness (QED) is 0.518. The second-order valence-corrected chi connectivity index (χ2v) is 6.94. The first-order valence-electron chi connectivity index (χ1n) is 9.48. The predicted octanol–water partition coefficient (Wildman–Crippen LogP) is 5.66. The summed E-state index contributed by atoms with van der Waals surface area (Å²) in [4.78, 5) is 0. The topological polar surface area (TPSA) is 49.0 Å². The predicted molar refractivity (Wildman–Crippen MR) is 113 cm³/mol.